The van der Waals surface area contributed by atoms with Gasteiger partial charge in [-0.1, -0.05) is 12.1 Å². The Hall–Kier alpha value is -3.59. The number of anilines is 2. The van der Waals surface area contributed by atoms with Crippen molar-refractivity contribution in [3.8, 4) is 17.2 Å². The monoisotopic (exact) mass is 396 g/mol. The van der Waals surface area contributed by atoms with Crippen LogP contribution in [0.2, 0.25) is 0 Å². The molecule has 29 heavy (non-hydrogen) atoms. The minimum absolute atomic E-state index is 0.119. The zero-order valence-electron chi connectivity index (χ0n) is 15.2. The van der Waals surface area contributed by atoms with Crippen LogP contribution in [0.15, 0.2) is 35.3 Å². The first kappa shape index (κ1) is 17.5. The average molecular weight is 396 g/mol. The second-order valence-corrected chi connectivity index (χ2v) is 7.24. The Kier molecular flexibility index (Phi) is 3.59. The van der Waals surface area contributed by atoms with E-state index in [2.05, 4.69) is 0 Å². The van der Waals surface area contributed by atoms with Gasteiger partial charge in [-0.25, -0.2) is 9.18 Å². The van der Waals surface area contributed by atoms with E-state index in [1.165, 1.54) is 10.8 Å². The number of nitrogens with zero attached hydrogens (tertiary/aromatic N) is 2. The molecule has 148 valence electrons. The van der Waals surface area contributed by atoms with Gasteiger partial charge in [0.2, 0.25) is 5.43 Å². The lowest BCUT2D eigenvalue weighted by atomic mass is 10.0. The summed E-state index contributed by atoms with van der Waals surface area (Å²) < 4.78 is 23.0. The number of hydrogen-bond acceptors (Lipinski definition) is 6. The van der Waals surface area contributed by atoms with Crippen LogP contribution in [0.1, 0.15) is 16.8 Å². The maximum absolute atomic E-state index is 15.4. The molecule has 5 rings (SSSR count). The maximum atomic E-state index is 15.4. The van der Waals surface area contributed by atoms with E-state index in [0.717, 1.165) is 0 Å². The fraction of sp³-hybridized carbons (Fsp3) is 0.200. The number of rotatable bonds is 2. The first-order valence-corrected chi connectivity index (χ1v) is 9.10. The number of carboxylic acid groups (broad SMARTS) is 1. The van der Waals surface area contributed by atoms with Crippen molar-refractivity contribution in [2.45, 2.75) is 12.5 Å². The van der Waals surface area contributed by atoms with E-state index in [1.54, 1.807) is 29.2 Å². The van der Waals surface area contributed by atoms with Crippen molar-refractivity contribution in [2.24, 2.45) is 5.73 Å². The number of hydrogen-bond donors (Lipinski definition) is 3. The fourth-order valence-corrected chi connectivity index (χ4v) is 4.10. The van der Waals surface area contributed by atoms with Gasteiger partial charge in [0.25, 0.3) is 0 Å². The van der Waals surface area contributed by atoms with Crippen LogP contribution in [0, 0.1) is 5.82 Å². The quantitative estimate of drug-likeness (QED) is 0.443. The Labute approximate surface area is 163 Å². The van der Waals surface area contributed by atoms with Crippen molar-refractivity contribution in [3.63, 3.8) is 0 Å². The molecular weight excluding hydrogens is 379 g/mol. The van der Waals surface area contributed by atoms with Crippen LogP contribution in [0.3, 0.4) is 0 Å². The molecule has 0 radical (unpaired) electrons. The summed E-state index contributed by atoms with van der Waals surface area (Å²) >= 11 is 0. The molecule has 0 bridgehead atoms. The van der Waals surface area contributed by atoms with Crippen molar-refractivity contribution < 1.29 is 19.0 Å². The molecule has 5 N–H and O–H groups in total. The number of aromatic nitrogens is 1. The minimum atomic E-state index is -1.42. The SMILES string of the molecule is Nc1c(F)c(N2CC[C@H](N)C2)c2c3c1c(=O)c(C(=O)O)cn3-c1ccccc1O2. The lowest BCUT2D eigenvalue weighted by Gasteiger charge is -2.29. The zero-order valence-corrected chi connectivity index (χ0v) is 15.2. The summed E-state index contributed by atoms with van der Waals surface area (Å²) in [6.45, 7) is 0.926. The Balaban J connectivity index is 1.96. The van der Waals surface area contributed by atoms with Gasteiger partial charge in [0.05, 0.1) is 16.8 Å². The lowest BCUT2D eigenvalue weighted by molar-refractivity contribution is 0.0695. The summed E-state index contributed by atoms with van der Waals surface area (Å²) in [5.41, 5.74) is 11.2. The van der Waals surface area contributed by atoms with E-state index >= 15 is 4.39 Å². The minimum Gasteiger partial charge on any atom is -0.477 e. The zero-order chi connectivity index (χ0) is 20.4. The Morgan fingerprint density at radius 2 is 2.07 bits per heavy atom. The summed E-state index contributed by atoms with van der Waals surface area (Å²) in [6.07, 6.45) is 1.91. The molecule has 1 fully saturated rings. The summed E-state index contributed by atoms with van der Waals surface area (Å²) in [6, 6.07) is 6.80. The Bertz CT molecular complexity index is 1270. The van der Waals surface area contributed by atoms with E-state index in [4.69, 9.17) is 16.2 Å². The van der Waals surface area contributed by atoms with Crippen LogP contribution >= 0.6 is 0 Å². The van der Waals surface area contributed by atoms with Gasteiger partial charge in [-0.2, -0.15) is 0 Å². The molecule has 3 heterocycles. The summed E-state index contributed by atoms with van der Waals surface area (Å²) in [5.74, 6) is -1.68. The van der Waals surface area contributed by atoms with Crippen molar-refractivity contribution in [2.75, 3.05) is 23.7 Å². The third kappa shape index (κ3) is 2.34. The third-order valence-electron chi connectivity index (χ3n) is 5.46. The highest BCUT2D eigenvalue weighted by molar-refractivity contribution is 6.05. The van der Waals surface area contributed by atoms with E-state index in [-0.39, 0.29) is 28.4 Å². The van der Waals surface area contributed by atoms with Gasteiger partial charge in [-0.05, 0) is 18.6 Å². The molecule has 3 aromatic rings. The van der Waals surface area contributed by atoms with Crippen LogP contribution in [0.5, 0.6) is 11.5 Å². The molecule has 1 saturated heterocycles. The van der Waals surface area contributed by atoms with Crippen LogP contribution in [0.25, 0.3) is 16.6 Å². The molecule has 9 heteroatoms. The standard InChI is InChI=1S/C20H17FN4O4/c21-14-15(23)13-16-19(17(14)24-6-5-9(22)7-24)29-12-4-2-1-3-11(12)25(16)8-10(18(13)26)20(27)28/h1-4,8-9H,5-7,22-23H2,(H,27,28)/t9-/m0/s1. The predicted molar refractivity (Wildman–Crippen MR) is 106 cm³/mol. The molecule has 0 saturated carbocycles. The highest BCUT2D eigenvalue weighted by atomic mass is 19.1. The second-order valence-electron chi connectivity index (χ2n) is 7.24. The van der Waals surface area contributed by atoms with E-state index in [0.29, 0.717) is 30.9 Å². The number of benzene rings is 2. The molecule has 2 aliphatic heterocycles. The summed E-state index contributed by atoms with van der Waals surface area (Å²) in [4.78, 5) is 26.3. The molecule has 0 spiro atoms. The molecule has 2 aliphatic rings. The number of aromatic carboxylic acids is 1. The van der Waals surface area contributed by atoms with Gasteiger partial charge in [0.15, 0.2) is 17.3 Å². The van der Waals surface area contributed by atoms with Gasteiger partial charge in [-0.15, -0.1) is 0 Å². The van der Waals surface area contributed by atoms with Crippen molar-refractivity contribution in [3.05, 3.63) is 52.1 Å². The van der Waals surface area contributed by atoms with Crippen LogP contribution in [-0.4, -0.2) is 34.8 Å². The molecule has 2 aromatic carbocycles. The largest absolute Gasteiger partial charge is 0.477 e. The van der Waals surface area contributed by atoms with Gasteiger partial charge in [-0.3, -0.25) is 4.79 Å². The van der Waals surface area contributed by atoms with Gasteiger partial charge >= 0.3 is 5.97 Å². The number of halogens is 1. The molecule has 0 unspecified atom stereocenters. The number of ether oxygens (including phenoxy) is 1. The average Bonchev–Trinajstić information content (AvgIpc) is 3.12. The van der Waals surface area contributed by atoms with E-state index < -0.39 is 28.5 Å². The molecule has 1 atom stereocenters. The number of pyridine rings is 1. The smallest absolute Gasteiger partial charge is 0.341 e. The van der Waals surface area contributed by atoms with E-state index in [1.807, 2.05) is 0 Å². The maximum Gasteiger partial charge on any atom is 0.341 e. The molecule has 8 nitrogen and oxygen atoms in total. The first-order valence-electron chi connectivity index (χ1n) is 9.10. The Morgan fingerprint density at radius 3 is 2.76 bits per heavy atom. The highest BCUT2D eigenvalue weighted by Crippen LogP contribution is 2.49. The number of para-hydroxylation sites is 2. The normalized spacial score (nSPS) is 17.3. The highest BCUT2D eigenvalue weighted by Gasteiger charge is 2.34. The van der Waals surface area contributed by atoms with E-state index in [9.17, 15) is 14.7 Å². The number of nitrogens with two attached hydrogens (primary N) is 2. The number of fused-ring (bicyclic) bond motifs is 2. The predicted octanol–water partition coefficient (Wildman–Crippen LogP) is 2.05. The van der Waals surface area contributed by atoms with Crippen LogP contribution in [0.4, 0.5) is 15.8 Å². The Morgan fingerprint density at radius 1 is 1.31 bits per heavy atom. The fourth-order valence-electron chi connectivity index (χ4n) is 4.10. The number of nitrogen functional groups attached to an aromatic ring is 1. The topological polar surface area (TPSA) is 124 Å². The second kappa shape index (κ2) is 5.95. The molecule has 0 aliphatic carbocycles. The summed E-state index contributed by atoms with van der Waals surface area (Å²) in [7, 11) is 0. The number of carbonyl (C=O) groups is 1. The lowest BCUT2D eigenvalue weighted by Crippen LogP contribution is -2.29. The first-order chi connectivity index (χ1) is 13.9. The van der Waals surface area contributed by atoms with Crippen molar-refractivity contribution in [1.29, 1.82) is 0 Å². The van der Waals surface area contributed by atoms with Gasteiger partial charge in [0, 0.05) is 25.3 Å². The summed E-state index contributed by atoms with van der Waals surface area (Å²) in [5, 5.41) is 9.29. The molecule has 0 amide bonds. The molecule has 1 aromatic heterocycles. The third-order valence-corrected chi connectivity index (χ3v) is 5.46. The molecular formula is C20H17FN4O4. The van der Waals surface area contributed by atoms with Gasteiger partial charge in [0.1, 0.15) is 16.8 Å². The van der Waals surface area contributed by atoms with Gasteiger partial charge < -0.3 is 30.8 Å². The number of carboxylic acids is 1. The van der Waals surface area contributed by atoms with Crippen molar-refractivity contribution in [1.82, 2.24) is 4.57 Å². The van der Waals surface area contributed by atoms with Crippen molar-refractivity contribution >= 4 is 28.2 Å². The van der Waals surface area contributed by atoms with Crippen LogP contribution in [-0.2, 0) is 0 Å². The van der Waals surface area contributed by atoms with Crippen LogP contribution < -0.4 is 26.5 Å².